The molecule has 1 aliphatic rings. The smallest absolute Gasteiger partial charge is 0.305 e. The van der Waals surface area contributed by atoms with Crippen LogP contribution in [0.3, 0.4) is 0 Å². The molecule has 0 unspecified atom stereocenters. The van der Waals surface area contributed by atoms with E-state index < -0.39 is 5.97 Å². The van der Waals surface area contributed by atoms with Crippen molar-refractivity contribution in [2.75, 3.05) is 13.1 Å². The number of carbonyl (C=O) groups is 2. The molecule has 24 heavy (non-hydrogen) atoms. The summed E-state index contributed by atoms with van der Waals surface area (Å²) in [7, 11) is 0. The third-order valence-electron chi connectivity index (χ3n) is 4.29. The molecule has 1 aromatic heterocycles. The predicted molar refractivity (Wildman–Crippen MR) is 87.5 cm³/mol. The van der Waals surface area contributed by atoms with Gasteiger partial charge in [-0.25, -0.2) is 0 Å². The van der Waals surface area contributed by atoms with Gasteiger partial charge in [0.25, 0.3) is 0 Å². The van der Waals surface area contributed by atoms with E-state index in [4.69, 9.17) is 9.63 Å². The molecule has 1 N–H and O–H groups in total. The number of hydrogen-bond acceptors (Lipinski definition) is 5. The first kappa shape index (κ1) is 18.4. The summed E-state index contributed by atoms with van der Waals surface area (Å²) in [6, 6.07) is 0. The summed E-state index contributed by atoms with van der Waals surface area (Å²) >= 11 is 0. The Morgan fingerprint density at radius 2 is 2.00 bits per heavy atom. The molecule has 7 heteroatoms. The fourth-order valence-corrected chi connectivity index (χ4v) is 3.08. The first-order valence-electron chi connectivity index (χ1n) is 8.77. The summed E-state index contributed by atoms with van der Waals surface area (Å²) < 4.78 is 5.26. The van der Waals surface area contributed by atoms with Gasteiger partial charge in [-0.05, 0) is 18.8 Å². The van der Waals surface area contributed by atoms with Crippen molar-refractivity contribution in [3.63, 3.8) is 0 Å². The molecular formula is C17H27N3O4. The highest BCUT2D eigenvalue weighted by Gasteiger charge is 2.23. The van der Waals surface area contributed by atoms with Crippen LogP contribution in [0.5, 0.6) is 0 Å². The Bertz CT molecular complexity index is 550. The second-order valence-corrected chi connectivity index (χ2v) is 6.91. The van der Waals surface area contributed by atoms with Gasteiger partial charge < -0.3 is 14.5 Å². The summed E-state index contributed by atoms with van der Waals surface area (Å²) in [5.74, 6) is 0.986. The Labute approximate surface area is 142 Å². The van der Waals surface area contributed by atoms with Gasteiger partial charge in [0.15, 0.2) is 5.82 Å². The SMILES string of the molecule is CC(C)CN(CCC(=O)O)C(=O)CCc1nc(C2CCCC2)no1. The maximum Gasteiger partial charge on any atom is 0.305 e. The van der Waals surface area contributed by atoms with Gasteiger partial charge in [0, 0.05) is 31.8 Å². The standard InChI is InChI=1S/C17H27N3O4/c1-12(2)11-20(10-9-16(22)23)15(21)8-7-14-18-17(19-24-14)13-5-3-4-6-13/h12-13H,3-11H2,1-2H3,(H,22,23). The molecule has 1 amide bonds. The number of aryl methyl sites for hydroxylation is 1. The highest BCUT2D eigenvalue weighted by atomic mass is 16.5. The number of carboxylic acids is 1. The Hall–Kier alpha value is -1.92. The number of hydrogen-bond donors (Lipinski definition) is 1. The van der Waals surface area contributed by atoms with Crippen LogP contribution in [-0.2, 0) is 16.0 Å². The van der Waals surface area contributed by atoms with Gasteiger partial charge >= 0.3 is 5.97 Å². The van der Waals surface area contributed by atoms with E-state index in [2.05, 4.69) is 10.1 Å². The van der Waals surface area contributed by atoms with Crippen molar-refractivity contribution in [1.82, 2.24) is 15.0 Å². The van der Waals surface area contributed by atoms with Crippen molar-refractivity contribution >= 4 is 11.9 Å². The lowest BCUT2D eigenvalue weighted by Crippen LogP contribution is -2.36. The highest BCUT2D eigenvalue weighted by molar-refractivity contribution is 5.77. The Balaban J connectivity index is 1.85. The van der Waals surface area contributed by atoms with Crippen LogP contribution in [0.4, 0.5) is 0 Å². The first-order chi connectivity index (χ1) is 11.5. The van der Waals surface area contributed by atoms with Crippen LogP contribution >= 0.6 is 0 Å². The highest BCUT2D eigenvalue weighted by Crippen LogP contribution is 2.32. The number of aromatic nitrogens is 2. The maximum absolute atomic E-state index is 12.4. The van der Waals surface area contributed by atoms with Crippen molar-refractivity contribution in [1.29, 1.82) is 0 Å². The molecule has 7 nitrogen and oxygen atoms in total. The Morgan fingerprint density at radius 1 is 1.29 bits per heavy atom. The van der Waals surface area contributed by atoms with Gasteiger partial charge in [-0.15, -0.1) is 0 Å². The van der Waals surface area contributed by atoms with E-state index in [1.807, 2.05) is 13.8 Å². The van der Waals surface area contributed by atoms with Gasteiger partial charge in [-0.3, -0.25) is 9.59 Å². The van der Waals surface area contributed by atoms with E-state index in [9.17, 15) is 9.59 Å². The molecule has 0 radical (unpaired) electrons. The minimum absolute atomic E-state index is 0.0369. The van der Waals surface area contributed by atoms with Crippen molar-refractivity contribution in [2.24, 2.45) is 5.92 Å². The zero-order valence-corrected chi connectivity index (χ0v) is 14.5. The van der Waals surface area contributed by atoms with E-state index in [0.717, 1.165) is 18.7 Å². The molecule has 0 atom stereocenters. The number of aliphatic carboxylic acids is 1. The van der Waals surface area contributed by atoms with Crippen LogP contribution in [0, 0.1) is 5.92 Å². The third-order valence-corrected chi connectivity index (χ3v) is 4.29. The van der Waals surface area contributed by atoms with Crippen LogP contribution in [0.2, 0.25) is 0 Å². The van der Waals surface area contributed by atoms with E-state index in [1.54, 1.807) is 4.90 Å². The van der Waals surface area contributed by atoms with Gasteiger partial charge in [0.05, 0.1) is 6.42 Å². The quantitative estimate of drug-likeness (QED) is 0.744. The van der Waals surface area contributed by atoms with Crippen LogP contribution in [0.15, 0.2) is 4.52 Å². The molecule has 0 aromatic carbocycles. The molecule has 0 spiro atoms. The van der Waals surface area contributed by atoms with Crippen molar-refractivity contribution in [3.8, 4) is 0 Å². The van der Waals surface area contributed by atoms with E-state index >= 15 is 0 Å². The number of rotatable bonds is 9. The van der Waals surface area contributed by atoms with Gasteiger partial charge in [0.1, 0.15) is 0 Å². The van der Waals surface area contributed by atoms with Crippen molar-refractivity contribution in [3.05, 3.63) is 11.7 Å². The monoisotopic (exact) mass is 337 g/mol. The lowest BCUT2D eigenvalue weighted by atomic mass is 10.1. The lowest BCUT2D eigenvalue weighted by Gasteiger charge is -2.23. The summed E-state index contributed by atoms with van der Waals surface area (Å²) in [4.78, 5) is 29.2. The van der Waals surface area contributed by atoms with E-state index in [0.29, 0.717) is 30.7 Å². The van der Waals surface area contributed by atoms with Gasteiger partial charge in [-0.2, -0.15) is 4.98 Å². The molecule has 1 aliphatic carbocycles. The maximum atomic E-state index is 12.4. The van der Waals surface area contributed by atoms with Crippen LogP contribution in [0.25, 0.3) is 0 Å². The minimum atomic E-state index is -0.894. The molecular weight excluding hydrogens is 310 g/mol. The topological polar surface area (TPSA) is 96.5 Å². The fourth-order valence-electron chi connectivity index (χ4n) is 3.08. The van der Waals surface area contributed by atoms with E-state index in [1.165, 1.54) is 12.8 Å². The fraction of sp³-hybridized carbons (Fsp3) is 0.765. The zero-order valence-electron chi connectivity index (χ0n) is 14.5. The molecule has 0 saturated heterocycles. The largest absolute Gasteiger partial charge is 0.481 e. The minimum Gasteiger partial charge on any atom is -0.481 e. The van der Waals surface area contributed by atoms with E-state index in [-0.39, 0.29) is 25.3 Å². The number of amides is 1. The van der Waals surface area contributed by atoms with Gasteiger partial charge in [0.2, 0.25) is 11.8 Å². The molecule has 1 heterocycles. The molecule has 0 aliphatic heterocycles. The average molecular weight is 337 g/mol. The third kappa shape index (κ3) is 5.62. The average Bonchev–Trinajstić information content (AvgIpc) is 3.18. The van der Waals surface area contributed by atoms with Crippen LogP contribution in [0.1, 0.15) is 70.0 Å². The molecule has 1 aromatic rings. The molecule has 1 saturated carbocycles. The number of carbonyl (C=O) groups excluding carboxylic acids is 1. The molecule has 1 fully saturated rings. The number of carboxylic acid groups (broad SMARTS) is 1. The molecule has 2 rings (SSSR count). The molecule has 134 valence electrons. The predicted octanol–water partition coefficient (Wildman–Crippen LogP) is 2.62. The second-order valence-electron chi connectivity index (χ2n) is 6.91. The molecule has 0 bridgehead atoms. The van der Waals surface area contributed by atoms with Gasteiger partial charge in [-0.1, -0.05) is 31.8 Å². The normalized spacial score (nSPS) is 15.1. The van der Waals surface area contributed by atoms with Crippen molar-refractivity contribution < 1.29 is 19.2 Å². The summed E-state index contributed by atoms with van der Waals surface area (Å²) in [6.45, 7) is 4.81. The second kappa shape index (κ2) is 8.80. The summed E-state index contributed by atoms with van der Waals surface area (Å²) in [5.41, 5.74) is 0. The first-order valence-corrected chi connectivity index (χ1v) is 8.77. The van der Waals surface area contributed by atoms with Crippen LogP contribution < -0.4 is 0 Å². The summed E-state index contributed by atoms with van der Waals surface area (Å²) in [5, 5.41) is 12.9. The Morgan fingerprint density at radius 3 is 2.62 bits per heavy atom. The Kier molecular flexibility index (Phi) is 6.75. The number of nitrogens with zero attached hydrogens (tertiary/aromatic N) is 3. The van der Waals surface area contributed by atoms with Crippen molar-refractivity contribution in [2.45, 2.75) is 64.7 Å². The summed E-state index contributed by atoms with van der Waals surface area (Å²) in [6.07, 6.45) is 5.26. The van der Waals surface area contributed by atoms with Crippen LogP contribution in [-0.4, -0.2) is 45.1 Å². The lowest BCUT2D eigenvalue weighted by molar-refractivity contribution is -0.138. The zero-order chi connectivity index (χ0) is 17.5.